The van der Waals surface area contributed by atoms with Crippen molar-refractivity contribution in [2.45, 2.75) is 13.3 Å². The van der Waals surface area contributed by atoms with Crippen LogP contribution in [-0.4, -0.2) is 29.2 Å². The average molecular weight is 305 g/mol. The number of benzene rings is 1. The molecule has 1 rings (SSSR count). The summed E-state index contributed by atoms with van der Waals surface area (Å²) in [7, 11) is 0. The summed E-state index contributed by atoms with van der Waals surface area (Å²) in [6, 6.07) is 7.08. The molecule has 1 amide bonds. The van der Waals surface area contributed by atoms with Gasteiger partial charge in [0.25, 0.3) is 5.91 Å². The highest BCUT2D eigenvalue weighted by Crippen LogP contribution is 2.13. The first-order valence-corrected chi connectivity index (χ1v) is 6.79. The van der Waals surface area contributed by atoms with Gasteiger partial charge < -0.3 is 4.90 Å². The Balaban J connectivity index is 2.74. The number of hydrogen-bond donors (Lipinski definition) is 0. The smallest absolute Gasteiger partial charge is 0.253 e. The molecule has 2 nitrogen and oxygen atoms in total. The second kappa shape index (κ2) is 6.92. The fourth-order valence-corrected chi connectivity index (χ4v) is 1.90. The van der Waals surface area contributed by atoms with Gasteiger partial charge in [-0.2, -0.15) is 0 Å². The standard InChI is InChI=1S/C12H15BrClNO/c1-2-15(8-4-7-13)12(16)10-5-3-6-11(14)9-10/h3,5-6,9H,2,4,7-8H2,1H3. The third kappa shape index (κ3) is 3.80. The molecule has 0 fully saturated rings. The Morgan fingerprint density at radius 1 is 1.50 bits per heavy atom. The second-order valence-corrected chi connectivity index (χ2v) is 4.67. The zero-order chi connectivity index (χ0) is 12.0. The van der Waals surface area contributed by atoms with E-state index >= 15 is 0 Å². The summed E-state index contributed by atoms with van der Waals surface area (Å²) in [5.74, 6) is 0.0472. The molecule has 0 aliphatic heterocycles. The average Bonchev–Trinajstić information content (AvgIpc) is 2.29. The van der Waals surface area contributed by atoms with E-state index in [1.165, 1.54) is 0 Å². The highest BCUT2D eigenvalue weighted by Gasteiger charge is 2.13. The van der Waals surface area contributed by atoms with E-state index in [9.17, 15) is 4.79 Å². The molecule has 0 unspecified atom stereocenters. The highest BCUT2D eigenvalue weighted by atomic mass is 79.9. The summed E-state index contributed by atoms with van der Waals surface area (Å²) >= 11 is 9.23. The molecule has 16 heavy (non-hydrogen) atoms. The topological polar surface area (TPSA) is 20.3 Å². The van der Waals surface area contributed by atoms with Gasteiger partial charge in [0.15, 0.2) is 0 Å². The van der Waals surface area contributed by atoms with Gasteiger partial charge in [-0.15, -0.1) is 0 Å². The molecule has 0 aromatic heterocycles. The maximum atomic E-state index is 12.1. The van der Waals surface area contributed by atoms with Crippen LogP contribution < -0.4 is 0 Å². The Labute approximate surface area is 110 Å². The molecule has 1 aromatic rings. The van der Waals surface area contributed by atoms with Crippen LogP contribution in [0.4, 0.5) is 0 Å². The first-order chi connectivity index (χ1) is 7.69. The lowest BCUT2D eigenvalue weighted by molar-refractivity contribution is 0.0765. The van der Waals surface area contributed by atoms with E-state index in [2.05, 4.69) is 15.9 Å². The molecule has 1 aromatic carbocycles. The van der Waals surface area contributed by atoms with Crippen molar-refractivity contribution in [3.05, 3.63) is 34.9 Å². The van der Waals surface area contributed by atoms with Crippen molar-refractivity contribution >= 4 is 33.4 Å². The van der Waals surface area contributed by atoms with Crippen LogP contribution in [-0.2, 0) is 0 Å². The largest absolute Gasteiger partial charge is 0.339 e. The van der Waals surface area contributed by atoms with E-state index in [0.717, 1.165) is 24.8 Å². The van der Waals surface area contributed by atoms with Crippen LogP contribution >= 0.6 is 27.5 Å². The van der Waals surface area contributed by atoms with E-state index in [0.29, 0.717) is 10.6 Å². The molecule has 0 spiro atoms. The number of halogens is 2. The van der Waals surface area contributed by atoms with Crippen molar-refractivity contribution < 1.29 is 4.79 Å². The number of alkyl halides is 1. The highest BCUT2D eigenvalue weighted by molar-refractivity contribution is 9.09. The molecule has 0 saturated heterocycles. The molecule has 0 radical (unpaired) electrons. The molecule has 0 saturated carbocycles. The van der Waals surface area contributed by atoms with Crippen molar-refractivity contribution in [2.75, 3.05) is 18.4 Å². The predicted molar refractivity (Wildman–Crippen MR) is 71.4 cm³/mol. The maximum Gasteiger partial charge on any atom is 0.253 e. The van der Waals surface area contributed by atoms with Gasteiger partial charge in [0, 0.05) is 29.0 Å². The van der Waals surface area contributed by atoms with Crippen LogP contribution in [0.2, 0.25) is 5.02 Å². The first kappa shape index (κ1) is 13.5. The van der Waals surface area contributed by atoms with Crippen LogP contribution in [0, 0.1) is 0 Å². The SMILES string of the molecule is CCN(CCCBr)C(=O)c1cccc(Cl)c1. The van der Waals surface area contributed by atoms with Crippen molar-refractivity contribution in [3.63, 3.8) is 0 Å². The minimum Gasteiger partial charge on any atom is -0.339 e. The Bertz CT molecular complexity index is 357. The third-order valence-electron chi connectivity index (χ3n) is 2.30. The Morgan fingerprint density at radius 3 is 2.81 bits per heavy atom. The molecule has 0 N–H and O–H groups in total. The molecule has 0 heterocycles. The number of nitrogens with zero attached hydrogens (tertiary/aromatic N) is 1. The van der Waals surface area contributed by atoms with E-state index < -0.39 is 0 Å². The lowest BCUT2D eigenvalue weighted by Gasteiger charge is -2.20. The van der Waals surface area contributed by atoms with Gasteiger partial charge in [0.05, 0.1) is 0 Å². The van der Waals surface area contributed by atoms with E-state index in [4.69, 9.17) is 11.6 Å². The minimum absolute atomic E-state index is 0.0472. The molecule has 0 bridgehead atoms. The van der Waals surface area contributed by atoms with Gasteiger partial charge in [0.2, 0.25) is 0 Å². The molecular formula is C12H15BrClNO. The van der Waals surface area contributed by atoms with Gasteiger partial charge in [-0.3, -0.25) is 4.79 Å². The number of rotatable bonds is 5. The van der Waals surface area contributed by atoms with Crippen LogP contribution in [0.3, 0.4) is 0 Å². The molecule has 88 valence electrons. The Kier molecular flexibility index (Phi) is 5.85. The zero-order valence-corrected chi connectivity index (χ0v) is 11.6. The predicted octanol–water partition coefficient (Wildman–Crippen LogP) is 3.59. The summed E-state index contributed by atoms with van der Waals surface area (Å²) in [4.78, 5) is 13.9. The maximum absolute atomic E-state index is 12.1. The van der Waals surface area contributed by atoms with E-state index in [1.807, 2.05) is 11.8 Å². The molecular weight excluding hydrogens is 289 g/mol. The first-order valence-electron chi connectivity index (χ1n) is 5.29. The summed E-state index contributed by atoms with van der Waals surface area (Å²) in [6.45, 7) is 3.47. The third-order valence-corrected chi connectivity index (χ3v) is 3.10. The summed E-state index contributed by atoms with van der Waals surface area (Å²) in [5.41, 5.74) is 0.656. The van der Waals surface area contributed by atoms with Crippen molar-refractivity contribution in [1.29, 1.82) is 0 Å². The quantitative estimate of drug-likeness (QED) is 0.761. The number of carbonyl (C=O) groups excluding carboxylic acids is 1. The lowest BCUT2D eigenvalue weighted by atomic mass is 10.2. The number of carbonyl (C=O) groups is 1. The summed E-state index contributed by atoms with van der Waals surface area (Å²) < 4.78 is 0. The van der Waals surface area contributed by atoms with Crippen molar-refractivity contribution in [3.8, 4) is 0 Å². The molecule has 0 atom stereocenters. The van der Waals surface area contributed by atoms with Gasteiger partial charge in [-0.1, -0.05) is 33.6 Å². The van der Waals surface area contributed by atoms with Crippen molar-refractivity contribution in [2.24, 2.45) is 0 Å². The Morgan fingerprint density at radius 2 is 2.25 bits per heavy atom. The van der Waals surface area contributed by atoms with Crippen LogP contribution in [0.15, 0.2) is 24.3 Å². The normalized spacial score (nSPS) is 10.2. The van der Waals surface area contributed by atoms with E-state index in [1.54, 1.807) is 24.3 Å². The van der Waals surface area contributed by atoms with Gasteiger partial charge in [-0.25, -0.2) is 0 Å². The van der Waals surface area contributed by atoms with E-state index in [-0.39, 0.29) is 5.91 Å². The van der Waals surface area contributed by atoms with Crippen LogP contribution in [0.1, 0.15) is 23.7 Å². The second-order valence-electron chi connectivity index (χ2n) is 3.44. The fourth-order valence-electron chi connectivity index (χ4n) is 1.46. The van der Waals surface area contributed by atoms with Gasteiger partial charge >= 0.3 is 0 Å². The van der Waals surface area contributed by atoms with Gasteiger partial charge in [0.1, 0.15) is 0 Å². The van der Waals surface area contributed by atoms with Crippen molar-refractivity contribution in [1.82, 2.24) is 4.90 Å². The lowest BCUT2D eigenvalue weighted by Crippen LogP contribution is -2.31. The molecule has 0 aliphatic carbocycles. The monoisotopic (exact) mass is 303 g/mol. The van der Waals surface area contributed by atoms with Crippen LogP contribution in [0.5, 0.6) is 0 Å². The fraction of sp³-hybridized carbons (Fsp3) is 0.417. The summed E-state index contributed by atoms with van der Waals surface area (Å²) in [5, 5.41) is 1.51. The number of hydrogen-bond acceptors (Lipinski definition) is 1. The number of amides is 1. The Hall–Kier alpha value is -0.540. The molecule has 0 aliphatic rings. The minimum atomic E-state index is 0.0472. The zero-order valence-electron chi connectivity index (χ0n) is 9.25. The molecule has 4 heteroatoms. The van der Waals surface area contributed by atoms with Crippen LogP contribution in [0.25, 0.3) is 0 Å². The van der Waals surface area contributed by atoms with Gasteiger partial charge in [-0.05, 0) is 31.5 Å². The summed E-state index contributed by atoms with van der Waals surface area (Å²) in [6.07, 6.45) is 0.958.